The molecular weight excluding hydrogens is 258 g/mol. The van der Waals surface area contributed by atoms with Crippen molar-refractivity contribution in [2.45, 2.75) is 70.1 Å². The highest BCUT2D eigenvalue weighted by Crippen LogP contribution is 2.43. The minimum Gasteiger partial charge on any atom is -0.496 e. The topological polar surface area (TPSA) is 35.2 Å². The molecule has 0 aliphatic heterocycles. The molecule has 0 heterocycles. The van der Waals surface area contributed by atoms with Gasteiger partial charge in [-0.2, -0.15) is 0 Å². The van der Waals surface area contributed by atoms with Crippen molar-refractivity contribution < 1.29 is 4.74 Å². The molecular formula is C19H31NO. The van der Waals surface area contributed by atoms with Gasteiger partial charge in [0.15, 0.2) is 0 Å². The van der Waals surface area contributed by atoms with Crippen LogP contribution in [0.25, 0.3) is 0 Å². The van der Waals surface area contributed by atoms with Crippen LogP contribution in [-0.4, -0.2) is 13.7 Å². The van der Waals surface area contributed by atoms with E-state index >= 15 is 0 Å². The molecule has 0 unspecified atom stereocenters. The van der Waals surface area contributed by atoms with Crippen LogP contribution < -0.4 is 10.5 Å². The molecule has 1 saturated carbocycles. The molecule has 0 atom stereocenters. The summed E-state index contributed by atoms with van der Waals surface area (Å²) in [6.45, 7) is 5.28. The molecule has 1 aliphatic carbocycles. The van der Waals surface area contributed by atoms with E-state index in [9.17, 15) is 0 Å². The van der Waals surface area contributed by atoms with E-state index in [0.717, 1.165) is 12.3 Å². The summed E-state index contributed by atoms with van der Waals surface area (Å²) in [6, 6.07) is 6.80. The molecule has 0 amide bonds. The quantitative estimate of drug-likeness (QED) is 0.819. The summed E-state index contributed by atoms with van der Waals surface area (Å²) in [5.74, 6) is 1.67. The molecule has 0 radical (unpaired) electrons. The minimum atomic E-state index is 0.131. The zero-order valence-corrected chi connectivity index (χ0v) is 14.0. The van der Waals surface area contributed by atoms with Crippen molar-refractivity contribution >= 4 is 0 Å². The first kappa shape index (κ1) is 16.4. The van der Waals surface area contributed by atoms with E-state index in [1.165, 1.54) is 56.1 Å². The van der Waals surface area contributed by atoms with E-state index in [-0.39, 0.29) is 5.41 Å². The van der Waals surface area contributed by atoms with E-state index in [2.05, 4.69) is 32.0 Å². The summed E-state index contributed by atoms with van der Waals surface area (Å²) >= 11 is 0. The van der Waals surface area contributed by atoms with Gasteiger partial charge in [0, 0.05) is 17.5 Å². The fraction of sp³-hybridized carbons (Fsp3) is 0.684. The molecule has 0 saturated heterocycles. The summed E-state index contributed by atoms with van der Waals surface area (Å²) < 4.78 is 5.67. The maximum Gasteiger partial charge on any atom is 0.122 e. The van der Waals surface area contributed by atoms with Gasteiger partial charge >= 0.3 is 0 Å². The van der Waals surface area contributed by atoms with E-state index in [4.69, 9.17) is 10.5 Å². The maximum atomic E-state index is 6.23. The van der Waals surface area contributed by atoms with Gasteiger partial charge in [-0.05, 0) is 43.2 Å². The summed E-state index contributed by atoms with van der Waals surface area (Å²) in [4.78, 5) is 0. The van der Waals surface area contributed by atoms with Crippen LogP contribution in [0.5, 0.6) is 5.75 Å². The molecule has 2 N–H and O–H groups in total. The van der Waals surface area contributed by atoms with Gasteiger partial charge in [0.1, 0.15) is 5.75 Å². The average molecular weight is 289 g/mol. The van der Waals surface area contributed by atoms with E-state index in [1.807, 2.05) is 0 Å². The molecule has 1 aliphatic rings. The largest absolute Gasteiger partial charge is 0.496 e. The Bertz CT molecular complexity index is 445. The normalized spacial score (nSPS) is 18.0. The Labute approximate surface area is 130 Å². The third-order valence-corrected chi connectivity index (χ3v) is 5.45. The average Bonchev–Trinajstić information content (AvgIpc) is 2.56. The van der Waals surface area contributed by atoms with Crippen molar-refractivity contribution in [1.29, 1.82) is 0 Å². The van der Waals surface area contributed by atoms with Gasteiger partial charge in [-0.3, -0.25) is 0 Å². The Balaban J connectivity index is 2.45. The van der Waals surface area contributed by atoms with Crippen LogP contribution in [0.15, 0.2) is 18.2 Å². The lowest BCUT2D eigenvalue weighted by Crippen LogP contribution is -2.37. The highest BCUT2D eigenvalue weighted by molar-refractivity contribution is 5.44. The fourth-order valence-corrected chi connectivity index (χ4v) is 3.97. The van der Waals surface area contributed by atoms with Crippen LogP contribution in [0.1, 0.15) is 75.8 Å². The van der Waals surface area contributed by atoms with Crippen LogP contribution in [0.4, 0.5) is 0 Å². The zero-order chi connectivity index (χ0) is 15.3. The van der Waals surface area contributed by atoms with Gasteiger partial charge in [0.25, 0.3) is 0 Å². The molecule has 21 heavy (non-hydrogen) atoms. The first-order valence-electron chi connectivity index (χ1n) is 8.59. The van der Waals surface area contributed by atoms with Crippen molar-refractivity contribution in [2.75, 3.05) is 13.7 Å². The lowest BCUT2D eigenvalue weighted by molar-refractivity contribution is 0.287. The minimum absolute atomic E-state index is 0.131. The standard InChI is InChI=1S/C19H31NO/c1-4-15(5-2)16-9-10-18(21-3)17(13-16)19(14-20)11-7-6-8-12-19/h9-10,13,15H,4-8,11-12,14,20H2,1-3H3. The molecule has 2 rings (SSSR count). The van der Waals surface area contributed by atoms with Gasteiger partial charge in [-0.15, -0.1) is 0 Å². The lowest BCUT2D eigenvalue weighted by Gasteiger charge is -2.38. The summed E-state index contributed by atoms with van der Waals surface area (Å²) in [7, 11) is 1.78. The summed E-state index contributed by atoms with van der Waals surface area (Å²) in [6.07, 6.45) is 8.70. The van der Waals surface area contributed by atoms with Gasteiger partial charge in [0.05, 0.1) is 7.11 Å². The third kappa shape index (κ3) is 3.26. The van der Waals surface area contributed by atoms with Crippen molar-refractivity contribution in [1.82, 2.24) is 0 Å². The summed E-state index contributed by atoms with van der Waals surface area (Å²) in [5, 5.41) is 0. The fourth-order valence-electron chi connectivity index (χ4n) is 3.97. The van der Waals surface area contributed by atoms with Gasteiger partial charge < -0.3 is 10.5 Å². The molecule has 2 heteroatoms. The molecule has 118 valence electrons. The SMILES string of the molecule is CCC(CC)c1ccc(OC)c(C2(CN)CCCCC2)c1. The Morgan fingerprint density at radius 1 is 1.14 bits per heavy atom. The molecule has 2 nitrogen and oxygen atoms in total. The Morgan fingerprint density at radius 3 is 2.33 bits per heavy atom. The summed E-state index contributed by atoms with van der Waals surface area (Å²) in [5.41, 5.74) is 9.17. The van der Waals surface area contributed by atoms with E-state index in [0.29, 0.717) is 5.92 Å². The van der Waals surface area contributed by atoms with Gasteiger partial charge in [0.2, 0.25) is 0 Å². The van der Waals surface area contributed by atoms with Crippen molar-refractivity contribution in [3.63, 3.8) is 0 Å². The molecule has 1 aromatic rings. The second kappa shape index (κ2) is 7.31. The number of hydrogen-bond donors (Lipinski definition) is 1. The van der Waals surface area contributed by atoms with Crippen LogP contribution in [0, 0.1) is 0 Å². The zero-order valence-electron chi connectivity index (χ0n) is 14.0. The Morgan fingerprint density at radius 2 is 1.81 bits per heavy atom. The highest BCUT2D eigenvalue weighted by Gasteiger charge is 2.35. The second-order valence-corrected chi connectivity index (χ2v) is 6.52. The van der Waals surface area contributed by atoms with E-state index in [1.54, 1.807) is 7.11 Å². The predicted molar refractivity (Wildman–Crippen MR) is 90.1 cm³/mol. The van der Waals surface area contributed by atoms with Crippen LogP contribution >= 0.6 is 0 Å². The number of ether oxygens (including phenoxy) is 1. The van der Waals surface area contributed by atoms with Crippen molar-refractivity contribution in [3.05, 3.63) is 29.3 Å². The number of methoxy groups -OCH3 is 1. The lowest BCUT2D eigenvalue weighted by atomic mass is 9.68. The van der Waals surface area contributed by atoms with E-state index < -0.39 is 0 Å². The molecule has 0 bridgehead atoms. The van der Waals surface area contributed by atoms with Crippen LogP contribution in [0.3, 0.4) is 0 Å². The van der Waals surface area contributed by atoms with Crippen molar-refractivity contribution in [2.24, 2.45) is 5.73 Å². The molecule has 1 aromatic carbocycles. The Hall–Kier alpha value is -1.02. The number of hydrogen-bond acceptors (Lipinski definition) is 2. The monoisotopic (exact) mass is 289 g/mol. The first-order valence-corrected chi connectivity index (χ1v) is 8.59. The first-order chi connectivity index (χ1) is 10.2. The maximum absolute atomic E-state index is 6.23. The molecule has 0 spiro atoms. The predicted octanol–water partition coefficient (Wildman–Crippen LogP) is 4.76. The number of rotatable bonds is 6. The molecule has 1 fully saturated rings. The Kier molecular flexibility index (Phi) is 5.69. The van der Waals surface area contributed by atoms with Crippen LogP contribution in [-0.2, 0) is 5.41 Å². The number of nitrogens with two attached hydrogens (primary N) is 1. The van der Waals surface area contributed by atoms with Gasteiger partial charge in [-0.1, -0.05) is 45.2 Å². The smallest absolute Gasteiger partial charge is 0.122 e. The second-order valence-electron chi connectivity index (χ2n) is 6.52. The third-order valence-electron chi connectivity index (χ3n) is 5.45. The van der Waals surface area contributed by atoms with Gasteiger partial charge in [-0.25, -0.2) is 0 Å². The van der Waals surface area contributed by atoms with Crippen LogP contribution in [0.2, 0.25) is 0 Å². The molecule has 0 aromatic heterocycles. The number of benzene rings is 1. The van der Waals surface area contributed by atoms with Crippen molar-refractivity contribution in [3.8, 4) is 5.75 Å². The highest BCUT2D eigenvalue weighted by atomic mass is 16.5.